The Morgan fingerprint density at radius 3 is 2.89 bits per heavy atom. The fraction of sp³-hybridized carbons (Fsp3) is 0.286. The van der Waals surface area contributed by atoms with Gasteiger partial charge in [-0.1, -0.05) is 12.1 Å². The number of halogens is 1. The summed E-state index contributed by atoms with van der Waals surface area (Å²) < 4.78 is 13.1. The summed E-state index contributed by atoms with van der Waals surface area (Å²) in [5, 5.41) is 0. The molecule has 5 heteroatoms. The third-order valence-electron chi connectivity index (χ3n) is 2.76. The molecule has 0 bridgehead atoms. The molecular formula is C14H17FN4. The molecule has 1 aromatic heterocycles. The van der Waals surface area contributed by atoms with Crippen molar-refractivity contribution in [1.82, 2.24) is 9.97 Å². The van der Waals surface area contributed by atoms with Crippen LogP contribution in [0.25, 0.3) is 0 Å². The molecule has 1 heterocycles. The lowest BCUT2D eigenvalue weighted by atomic mass is 10.2. The molecule has 1 aromatic carbocycles. The predicted octanol–water partition coefficient (Wildman–Crippen LogP) is 1.75. The van der Waals surface area contributed by atoms with Gasteiger partial charge in [0.05, 0.1) is 0 Å². The van der Waals surface area contributed by atoms with Crippen LogP contribution in [0.15, 0.2) is 36.5 Å². The number of rotatable bonds is 5. The highest BCUT2D eigenvalue weighted by Gasteiger charge is 2.06. The largest absolute Gasteiger partial charge is 0.355 e. The minimum Gasteiger partial charge on any atom is -0.355 e. The van der Waals surface area contributed by atoms with E-state index in [0.29, 0.717) is 19.5 Å². The Bertz CT molecular complexity index is 544. The van der Waals surface area contributed by atoms with Crippen molar-refractivity contribution in [2.75, 3.05) is 18.5 Å². The van der Waals surface area contributed by atoms with E-state index in [9.17, 15) is 4.39 Å². The van der Waals surface area contributed by atoms with Crippen molar-refractivity contribution >= 4 is 5.82 Å². The Morgan fingerprint density at radius 1 is 1.32 bits per heavy atom. The van der Waals surface area contributed by atoms with Gasteiger partial charge in [-0.25, -0.2) is 14.4 Å². The molecule has 0 amide bonds. The lowest BCUT2D eigenvalue weighted by Crippen LogP contribution is -2.19. The van der Waals surface area contributed by atoms with Gasteiger partial charge in [-0.05, 0) is 30.3 Å². The number of hydrogen-bond donors (Lipinski definition) is 1. The molecule has 4 nitrogen and oxygen atoms in total. The Hall–Kier alpha value is -2.01. The Kier molecular flexibility index (Phi) is 4.41. The quantitative estimate of drug-likeness (QED) is 0.890. The molecule has 0 radical (unpaired) electrons. The van der Waals surface area contributed by atoms with E-state index in [2.05, 4.69) is 9.97 Å². The summed E-state index contributed by atoms with van der Waals surface area (Å²) >= 11 is 0. The Balaban J connectivity index is 2.11. The molecular weight excluding hydrogens is 243 g/mol. The first-order valence-corrected chi connectivity index (χ1v) is 6.16. The first-order chi connectivity index (χ1) is 9.19. The fourth-order valence-electron chi connectivity index (χ4n) is 1.84. The SMILES string of the molecule is CN(Cc1cccc(F)c1)c1ccnc(CCN)n1. The fourth-order valence-corrected chi connectivity index (χ4v) is 1.84. The predicted molar refractivity (Wildman–Crippen MR) is 73.3 cm³/mol. The number of hydrogen-bond acceptors (Lipinski definition) is 4. The summed E-state index contributed by atoms with van der Waals surface area (Å²) in [7, 11) is 1.92. The van der Waals surface area contributed by atoms with Gasteiger partial charge < -0.3 is 10.6 Å². The molecule has 0 aliphatic carbocycles. The number of benzene rings is 1. The highest BCUT2D eigenvalue weighted by atomic mass is 19.1. The molecule has 2 N–H and O–H groups in total. The van der Waals surface area contributed by atoms with E-state index in [0.717, 1.165) is 17.2 Å². The molecule has 100 valence electrons. The molecule has 0 atom stereocenters. The van der Waals surface area contributed by atoms with E-state index in [-0.39, 0.29) is 5.82 Å². The van der Waals surface area contributed by atoms with Crippen molar-refractivity contribution < 1.29 is 4.39 Å². The van der Waals surface area contributed by atoms with Crippen LogP contribution in [0.4, 0.5) is 10.2 Å². The number of nitrogens with zero attached hydrogens (tertiary/aromatic N) is 3. The maximum atomic E-state index is 13.1. The normalized spacial score (nSPS) is 10.5. The summed E-state index contributed by atoms with van der Waals surface area (Å²) in [4.78, 5) is 10.5. The van der Waals surface area contributed by atoms with E-state index in [4.69, 9.17) is 5.73 Å². The van der Waals surface area contributed by atoms with Gasteiger partial charge in [-0.2, -0.15) is 0 Å². The van der Waals surface area contributed by atoms with Crippen LogP contribution in [-0.4, -0.2) is 23.6 Å². The van der Waals surface area contributed by atoms with Crippen LogP contribution in [0.2, 0.25) is 0 Å². The molecule has 2 rings (SSSR count). The molecule has 0 spiro atoms. The minimum atomic E-state index is -0.225. The smallest absolute Gasteiger partial charge is 0.132 e. The van der Waals surface area contributed by atoms with Crippen LogP contribution in [0.5, 0.6) is 0 Å². The molecule has 0 unspecified atom stereocenters. The van der Waals surface area contributed by atoms with Gasteiger partial charge in [-0.15, -0.1) is 0 Å². The standard InChI is InChI=1S/C14H17FN4/c1-19(10-11-3-2-4-12(15)9-11)14-6-8-17-13(18-14)5-7-16/h2-4,6,8-9H,5,7,10,16H2,1H3. The molecule has 0 saturated heterocycles. The Labute approximate surface area is 112 Å². The van der Waals surface area contributed by atoms with E-state index in [1.165, 1.54) is 12.1 Å². The third kappa shape index (κ3) is 3.72. The second-order valence-electron chi connectivity index (χ2n) is 4.36. The van der Waals surface area contributed by atoms with Gasteiger partial charge in [0.15, 0.2) is 0 Å². The molecule has 0 aliphatic heterocycles. The molecule has 0 saturated carbocycles. The number of nitrogens with two attached hydrogens (primary N) is 1. The van der Waals surface area contributed by atoms with Crippen molar-refractivity contribution in [3.05, 3.63) is 53.7 Å². The first kappa shape index (κ1) is 13.4. The van der Waals surface area contributed by atoms with E-state index < -0.39 is 0 Å². The molecule has 19 heavy (non-hydrogen) atoms. The van der Waals surface area contributed by atoms with Crippen LogP contribution < -0.4 is 10.6 Å². The third-order valence-corrected chi connectivity index (χ3v) is 2.76. The lowest BCUT2D eigenvalue weighted by molar-refractivity contribution is 0.625. The minimum absolute atomic E-state index is 0.225. The van der Waals surface area contributed by atoms with E-state index in [1.807, 2.05) is 24.1 Å². The van der Waals surface area contributed by atoms with Gasteiger partial charge >= 0.3 is 0 Å². The Morgan fingerprint density at radius 2 is 2.16 bits per heavy atom. The van der Waals surface area contributed by atoms with Gasteiger partial charge in [-0.3, -0.25) is 0 Å². The summed E-state index contributed by atoms with van der Waals surface area (Å²) in [6.45, 7) is 1.12. The van der Waals surface area contributed by atoms with Crippen LogP contribution in [-0.2, 0) is 13.0 Å². The highest BCUT2D eigenvalue weighted by molar-refractivity contribution is 5.37. The van der Waals surface area contributed by atoms with E-state index >= 15 is 0 Å². The number of aromatic nitrogens is 2. The van der Waals surface area contributed by atoms with Gasteiger partial charge in [0, 0.05) is 26.2 Å². The second kappa shape index (κ2) is 6.24. The maximum Gasteiger partial charge on any atom is 0.132 e. The molecule has 0 aliphatic rings. The molecule has 2 aromatic rings. The van der Waals surface area contributed by atoms with Crippen molar-refractivity contribution in [3.63, 3.8) is 0 Å². The van der Waals surface area contributed by atoms with Crippen LogP contribution in [0, 0.1) is 5.82 Å². The van der Waals surface area contributed by atoms with Crippen molar-refractivity contribution in [1.29, 1.82) is 0 Å². The first-order valence-electron chi connectivity index (χ1n) is 6.16. The average molecular weight is 260 g/mol. The monoisotopic (exact) mass is 260 g/mol. The zero-order chi connectivity index (χ0) is 13.7. The highest BCUT2D eigenvalue weighted by Crippen LogP contribution is 2.13. The second-order valence-corrected chi connectivity index (χ2v) is 4.36. The van der Waals surface area contributed by atoms with E-state index in [1.54, 1.807) is 12.3 Å². The lowest BCUT2D eigenvalue weighted by Gasteiger charge is -2.18. The number of anilines is 1. The summed E-state index contributed by atoms with van der Waals surface area (Å²) in [6, 6.07) is 8.39. The van der Waals surface area contributed by atoms with Gasteiger partial charge in [0.25, 0.3) is 0 Å². The van der Waals surface area contributed by atoms with Crippen LogP contribution >= 0.6 is 0 Å². The maximum absolute atomic E-state index is 13.1. The summed E-state index contributed by atoms with van der Waals surface area (Å²) in [5.41, 5.74) is 6.40. The van der Waals surface area contributed by atoms with Crippen molar-refractivity contribution in [2.24, 2.45) is 5.73 Å². The van der Waals surface area contributed by atoms with Gasteiger partial charge in [0.2, 0.25) is 0 Å². The van der Waals surface area contributed by atoms with Gasteiger partial charge in [0.1, 0.15) is 17.5 Å². The van der Waals surface area contributed by atoms with Crippen LogP contribution in [0.1, 0.15) is 11.4 Å². The zero-order valence-electron chi connectivity index (χ0n) is 10.9. The zero-order valence-corrected chi connectivity index (χ0v) is 10.9. The summed E-state index contributed by atoms with van der Waals surface area (Å²) in [5.74, 6) is 1.31. The topological polar surface area (TPSA) is 55.0 Å². The van der Waals surface area contributed by atoms with Crippen molar-refractivity contribution in [3.8, 4) is 0 Å². The average Bonchev–Trinajstić information content (AvgIpc) is 2.39. The van der Waals surface area contributed by atoms with Crippen molar-refractivity contribution in [2.45, 2.75) is 13.0 Å². The summed E-state index contributed by atoms with van der Waals surface area (Å²) in [6.07, 6.45) is 2.37. The van der Waals surface area contributed by atoms with Crippen LogP contribution in [0.3, 0.4) is 0 Å². The molecule has 0 fully saturated rings.